The van der Waals surface area contributed by atoms with Gasteiger partial charge in [-0.1, -0.05) is 23.9 Å². The third-order valence-corrected chi connectivity index (χ3v) is 6.97. The molecule has 2 aromatic carbocycles. The number of carbonyl (C=O) groups excluding carboxylic acids is 1. The number of pyridine rings is 1. The summed E-state index contributed by atoms with van der Waals surface area (Å²) in [7, 11) is -4.03. The van der Waals surface area contributed by atoms with Gasteiger partial charge in [-0.3, -0.25) is 14.3 Å². The van der Waals surface area contributed by atoms with Crippen LogP contribution in [0.1, 0.15) is 11.1 Å². The first kappa shape index (κ1) is 21.1. The summed E-state index contributed by atoms with van der Waals surface area (Å²) in [5.41, 5.74) is 3.72. The van der Waals surface area contributed by atoms with Crippen molar-refractivity contribution in [3.63, 3.8) is 0 Å². The van der Waals surface area contributed by atoms with Crippen LogP contribution in [0.25, 0.3) is 16.6 Å². The molecule has 0 unspecified atom stereocenters. The number of sulfonamides is 1. The Morgan fingerprint density at radius 3 is 2.58 bits per heavy atom. The zero-order chi connectivity index (χ0) is 22.0. The first-order valence-electron chi connectivity index (χ1n) is 9.48. The lowest BCUT2D eigenvalue weighted by Gasteiger charge is -2.11. The number of carbonyl (C=O) groups is 1. The smallest absolute Gasteiger partial charge is 0.264 e. The molecule has 2 heterocycles. The van der Waals surface area contributed by atoms with Crippen molar-refractivity contribution in [2.45, 2.75) is 23.9 Å². The Labute approximate surface area is 184 Å². The van der Waals surface area contributed by atoms with Crippen LogP contribution in [0, 0.1) is 13.8 Å². The lowest BCUT2D eigenvalue weighted by atomic mass is 10.1. The van der Waals surface area contributed by atoms with Crippen molar-refractivity contribution >= 4 is 38.6 Å². The zero-order valence-electron chi connectivity index (χ0n) is 16.9. The number of aryl methyl sites for hydroxylation is 2. The molecule has 9 heteroatoms. The van der Waals surface area contributed by atoms with Crippen molar-refractivity contribution in [2.75, 3.05) is 5.75 Å². The van der Waals surface area contributed by atoms with Gasteiger partial charge < -0.3 is 0 Å². The van der Waals surface area contributed by atoms with E-state index in [1.807, 2.05) is 36.7 Å². The highest BCUT2D eigenvalue weighted by molar-refractivity contribution is 8.00. The lowest BCUT2D eigenvalue weighted by molar-refractivity contribution is -0.116. The highest BCUT2D eigenvalue weighted by Gasteiger charge is 2.21. The van der Waals surface area contributed by atoms with E-state index in [0.29, 0.717) is 16.1 Å². The van der Waals surface area contributed by atoms with E-state index in [9.17, 15) is 13.2 Å². The number of thioether (sulfide) groups is 1. The van der Waals surface area contributed by atoms with E-state index in [1.54, 1.807) is 36.7 Å². The minimum Gasteiger partial charge on any atom is -0.295 e. The molecule has 1 N–H and O–H groups in total. The fraction of sp³-hybridized carbons (Fsp3) is 0.136. The minimum atomic E-state index is -4.03. The Hall–Kier alpha value is -3.17. The predicted octanol–water partition coefficient (Wildman–Crippen LogP) is 3.63. The van der Waals surface area contributed by atoms with Gasteiger partial charge in [0.25, 0.3) is 10.0 Å². The number of nitrogens with one attached hydrogen (secondary N) is 1. The summed E-state index contributed by atoms with van der Waals surface area (Å²) in [5.74, 6) is -0.717. The SMILES string of the molecule is Cc1cc(C)cc(-n2ccnc2SCC(=O)NS(=O)(=O)c2cccc3ncccc23)c1. The number of imidazole rings is 1. The lowest BCUT2D eigenvalue weighted by Crippen LogP contribution is -2.32. The van der Waals surface area contributed by atoms with Crippen LogP contribution in [-0.4, -0.2) is 34.6 Å². The number of fused-ring (bicyclic) bond motifs is 1. The second-order valence-electron chi connectivity index (χ2n) is 7.07. The summed E-state index contributed by atoms with van der Waals surface area (Å²) in [6.07, 6.45) is 5.05. The van der Waals surface area contributed by atoms with Gasteiger partial charge in [-0.2, -0.15) is 0 Å². The molecule has 0 bridgehead atoms. The molecule has 1 amide bonds. The van der Waals surface area contributed by atoms with Crippen LogP contribution in [0.5, 0.6) is 0 Å². The molecule has 0 radical (unpaired) electrons. The molecule has 0 saturated heterocycles. The van der Waals surface area contributed by atoms with Gasteiger partial charge in [0.15, 0.2) is 5.16 Å². The largest absolute Gasteiger partial charge is 0.295 e. The van der Waals surface area contributed by atoms with Crippen molar-refractivity contribution in [2.24, 2.45) is 0 Å². The molecule has 31 heavy (non-hydrogen) atoms. The van der Waals surface area contributed by atoms with Crippen LogP contribution in [0.3, 0.4) is 0 Å². The normalized spacial score (nSPS) is 11.5. The highest BCUT2D eigenvalue weighted by Crippen LogP contribution is 2.23. The van der Waals surface area contributed by atoms with Gasteiger partial charge in [0.2, 0.25) is 5.91 Å². The van der Waals surface area contributed by atoms with Crippen molar-refractivity contribution in [1.29, 1.82) is 0 Å². The maximum Gasteiger partial charge on any atom is 0.264 e. The Morgan fingerprint density at radius 2 is 1.81 bits per heavy atom. The first-order chi connectivity index (χ1) is 14.8. The van der Waals surface area contributed by atoms with E-state index in [4.69, 9.17) is 0 Å². The standard InChI is InChI=1S/C22H20N4O3S2/c1-15-11-16(2)13-17(12-15)26-10-9-24-22(26)30-14-21(27)25-31(28,29)20-7-3-6-19-18(20)5-4-8-23-19/h3-13H,14H2,1-2H3,(H,25,27). The molecule has 0 fully saturated rings. The maximum absolute atomic E-state index is 12.8. The van der Waals surface area contributed by atoms with E-state index in [2.05, 4.69) is 20.8 Å². The van der Waals surface area contributed by atoms with Crippen LogP contribution < -0.4 is 4.72 Å². The fourth-order valence-electron chi connectivity index (χ4n) is 3.36. The third kappa shape index (κ3) is 4.62. The molecule has 4 aromatic rings. The van der Waals surface area contributed by atoms with Crippen LogP contribution >= 0.6 is 11.8 Å². The Morgan fingerprint density at radius 1 is 1.03 bits per heavy atom. The van der Waals surface area contributed by atoms with Crippen molar-refractivity contribution < 1.29 is 13.2 Å². The van der Waals surface area contributed by atoms with Crippen LogP contribution in [0.2, 0.25) is 0 Å². The number of aromatic nitrogens is 3. The number of rotatable bonds is 6. The molecule has 158 valence electrons. The second-order valence-corrected chi connectivity index (χ2v) is 9.66. The van der Waals surface area contributed by atoms with E-state index in [0.717, 1.165) is 16.8 Å². The quantitative estimate of drug-likeness (QED) is 0.449. The molecule has 7 nitrogen and oxygen atoms in total. The molecule has 0 aliphatic heterocycles. The van der Waals surface area contributed by atoms with E-state index < -0.39 is 15.9 Å². The predicted molar refractivity (Wildman–Crippen MR) is 121 cm³/mol. The summed E-state index contributed by atoms with van der Waals surface area (Å²) in [5, 5.41) is 1.07. The highest BCUT2D eigenvalue weighted by atomic mass is 32.2. The number of nitrogens with zero attached hydrogens (tertiary/aromatic N) is 3. The van der Waals surface area contributed by atoms with Crippen LogP contribution in [-0.2, 0) is 14.8 Å². The van der Waals surface area contributed by atoms with Gasteiger partial charge in [0.1, 0.15) is 0 Å². The first-order valence-corrected chi connectivity index (χ1v) is 11.9. The molecule has 0 aliphatic carbocycles. The van der Waals surface area contributed by atoms with Gasteiger partial charge in [-0.25, -0.2) is 18.1 Å². The molecule has 0 saturated carbocycles. The van der Waals surface area contributed by atoms with Crippen molar-refractivity contribution in [1.82, 2.24) is 19.3 Å². The zero-order valence-corrected chi connectivity index (χ0v) is 18.6. The van der Waals surface area contributed by atoms with Crippen molar-refractivity contribution in [3.05, 3.63) is 78.2 Å². The van der Waals surface area contributed by atoms with E-state index in [1.165, 1.54) is 17.8 Å². The topological polar surface area (TPSA) is 94.0 Å². The van der Waals surface area contributed by atoms with Gasteiger partial charge in [-0.15, -0.1) is 0 Å². The summed E-state index contributed by atoms with van der Waals surface area (Å²) in [6, 6.07) is 14.2. The summed E-state index contributed by atoms with van der Waals surface area (Å²) in [4.78, 5) is 20.9. The fourth-order valence-corrected chi connectivity index (χ4v) is 5.42. The van der Waals surface area contributed by atoms with E-state index >= 15 is 0 Å². The Balaban J connectivity index is 1.50. The summed E-state index contributed by atoms with van der Waals surface area (Å²) < 4.78 is 29.6. The van der Waals surface area contributed by atoms with Gasteiger partial charge in [0.05, 0.1) is 16.2 Å². The van der Waals surface area contributed by atoms with Crippen LogP contribution in [0.4, 0.5) is 0 Å². The van der Waals surface area contributed by atoms with Crippen LogP contribution in [0.15, 0.2) is 77.2 Å². The molecular formula is C22H20N4O3S2. The number of hydrogen-bond donors (Lipinski definition) is 1. The van der Waals surface area contributed by atoms with Gasteiger partial charge in [-0.05, 0) is 61.4 Å². The van der Waals surface area contributed by atoms with Gasteiger partial charge >= 0.3 is 0 Å². The molecular weight excluding hydrogens is 432 g/mol. The average molecular weight is 453 g/mol. The van der Waals surface area contributed by atoms with Gasteiger partial charge in [0, 0.05) is 29.7 Å². The second kappa shape index (κ2) is 8.52. The molecule has 4 rings (SSSR count). The molecule has 2 aromatic heterocycles. The number of benzene rings is 2. The van der Waals surface area contributed by atoms with Crippen molar-refractivity contribution in [3.8, 4) is 5.69 Å². The molecule has 0 aliphatic rings. The molecule has 0 spiro atoms. The minimum absolute atomic E-state index is 0.0215. The summed E-state index contributed by atoms with van der Waals surface area (Å²) >= 11 is 1.17. The number of amides is 1. The summed E-state index contributed by atoms with van der Waals surface area (Å²) in [6.45, 7) is 4.03. The monoisotopic (exact) mass is 452 g/mol. The molecule has 0 atom stereocenters. The Kier molecular flexibility index (Phi) is 5.79. The third-order valence-electron chi connectivity index (χ3n) is 4.57. The Bertz CT molecular complexity index is 1360. The number of hydrogen-bond acceptors (Lipinski definition) is 6. The average Bonchev–Trinajstić information content (AvgIpc) is 3.19. The van der Waals surface area contributed by atoms with E-state index in [-0.39, 0.29) is 10.6 Å². The maximum atomic E-state index is 12.8.